The molecule has 1 aromatic carbocycles. The molecule has 0 spiro atoms. The van der Waals surface area contributed by atoms with E-state index in [1.807, 2.05) is 18.2 Å². The zero-order valence-corrected chi connectivity index (χ0v) is 12.2. The van der Waals surface area contributed by atoms with Gasteiger partial charge in [0.25, 0.3) is 0 Å². The van der Waals surface area contributed by atoms with Crippen LogP contribution in [-0.2, 0) is 0 Å². The summed E-state index contributed by atoms with van der Waals surface area (Å²) >= 11 is 9.30. The van der Waals surface area contributed by atoms with Crippen molar-refractivity contribution in [2.24, 2.45) is 0 Å². The van der Waals surface area contributed by atoms with Crippen LogP contribution in [0.4, 0.5) is 0 Å². The van der Waals surface area contributed by atoms with Gasteiger partial charge in [-0.3, -0.25) is 5.10 Å². The van der Waals surface area contributed by atoms with Crippen molar-refractivity contribution in [2.75, 3.05) is 0 Å². The fourth-order valence-corrected chi connectivity index (χ4v) is 2.06. The third kappa shape index (κ3) is 3.23. The number of hydrogen-bond donors (Lipinski definition) is 1. The van der Waals surface area contributed by atoms with Crippen molar-refractivity contribution in [1.29, 1.82) is 0 Å². The normalized spacial score (nSPS) is 12.4. The van der Waals surface area contributed by atoms with Crippen LogP contribution in [0.25, 0.3) is 0 Å². The van der Waals surface area contributed by atoms with Crippen LogP contribution >= 0.6 is 27.5 Å². The van der Waals surface area contributed by atoms with Crippen molar-refractivity contribution in [1.82, 2.24) is 15.2 Å². The number of rotatable bonds is 5. The molecule has 0 saturated carbocycles. The fraction of sp³-hybridized carbons (Fsp3) is 0.333. The molecule has 1 atom stereocenters. The lowest BCUT2D eigenvalue weighted by Crippen LogP contribution is -2.09. The highest BCUT2D eigenvalue weighted by atomic mass is 79.9. The molecule has 0 amide bonds. The predicted molar refractivity (Wildman–Crippen MR) is 73.8 cm³/mol. The van der Waals surface area contributed by atoms with Crippen molar-refractivity contribution >= 4 is 27.5 Å². The second-order valence-corrected chi connectivity index (χ2v) is 4.93. The predicted octanol–water partition coefficient (Wildman–Crippen LogP) is 4.14. The molecule has 6 heteroatoms. The van der Waals surface area contributed by atoms with Crippen LogP contribution in [0, 0.1) is 0 Å². The van der Waals surface area contributed by atoms with Crippen molar-refractivity contribution in [3.05, 3.63) is 39.8 Å². The molecular weight excluding hydrogens is 318 g/mol. The summed E-state index contributed by atoms with van der Waals surface area (Å²) in [4.78, 5) is 4.24. The molecular formula is C12H13BrClN3O. The van der Waals surface area contributed by atoms with Gasteiger partial charge in [-0.05, 0) is 34.5 Å². The number of ether oxygens (including phenoxy) is 1. The first-order chi connectivity index (χ1) is 8.70. The second-order valence-electron chi connectivity index (χ2n) is 3.82. The van der Waals surface area contributed by atoms with E-state index in [1.165, 1.54) is 0 Å². The number of para-hydroxylation sites is 1. The fourth-order valence-electron chi connectivity index (χ4n) is 1.60. The maximum Gasteiger partial charge on any atom is 0.217 e. The molecule has 1 N–H and O–H groups in total. The molecule has 18 heavy (non-hydrogen) atoms. The van der Waals surface area contributed by atoms with Crippen LogP contribution < -0.4 is 4.74 Å². The SMILES string of the molecule is CCCC(Oc1ccccc1Cl)c1nc(Br)n[nH]1. The van der Waals surface area contributed by atoms with E-state index in [1.54, 1.807) is 6.07 Å². The van der Waals surface area contributed by atoms with E-state index in [-0.39, 0.29) is 6.10 Å². The molecule has 96 valence electrons. The highest BCUT2D eigenvalue weighted by Crippen LogP contribution is 2.29. The van der Waals surface area contributed by atoms with Crippen molar-refractivity contribution in [3.63, 3.8) is 0 Å². The first-order valence-corrected chi connectivity index (χ1v) is 6.86. The van der Waals surface area contributed by atoms with E-state index in [4.69, 9.17) is 16.3 Å². The molecule has 0 radical (unpaired) electrons. The zero-order chi connectivity index (χ0) is 13.0. The lowest BCUT2D eigenvalue weighted by Gasteiger charge is -2.16. The summed E-state index contributed by atoms with van der Waals surface area (Å²) < 4.78 is 6.43. The van der Waals surface area contributed by atoms with Gasteiger partial charge < -0.3 is 4.74 Å². The Bertz CT molecular complexity index is 518. The molecule has 1 heterocycles. The van der Waals surface area contributed by atoms with Crippen LogP contribution in [0.5, 0.6) is 5.75 Å². The molecule has 0 aliphatic rings. The molecule has 0 saturated heterocycles. The van der Waals surface area contributed by atoms with Gasteiger partial charge in [0, 0.05) is 0 Å². The lowest BCUT2D eigenvalue weighted by atomic mass is 10.2. The Morgan fingerprint density at radius 1 is 1.44 bits per heavy atom. The number of nitrogens with zero attached hydrogens (tertiary/aromatic N) is 2. The number of nitrogens with one attached hydrogen (secondary N) is 1. The topological polar surface area (TPSA) is 50.8 Å². The van der Waals surface area contributed by atoms with Crippen LogP contribution in [0.3, 0.4) is 0 Å². The summed E-state index contributed by atoms with van der Waals surface area (Å²) in [5.74, 6) is 1.36. The Labute approximate surface area is 119 Å². The summed E-state index contributed by atoms with van der Waals surface area (Å²) in [5, 5.41) is 7.40. The average Bonchev–Trinajstić information content (AvgIpc) is 2.78. The smallest absolute Gasteiger partial charge is 0.217 e. The number of aromatic nitrogens is 3. The van der Waals surface area contributed by atoms with Gasteiger partial charge in [-0.25, -0.2) is 4.98 Å². The Balaban J connectivity index is 2.19. The van der Waals surface area contributed by atoms with E-state index in [0.717, 1.165) is 12.8 Å². The third-order valence-corrected chi connectivity index (χ3v) is 3.10. The average molecular weight is 331 g/mol. The summed E-state index contributed by atoms with van der Waals surface area (Å²) in [6, 6.07) is 7.40. The Kier molecular flexibility index (Phi) is 4.60. The highest BCUT2D eigenvalue weighted by Gasteiger charge is 2.17. The largest absolute Gasteiger partial charge is 0.481 e. The van der Waals surface area contributed by atoms with Gasteiger partial charge in [-0.2, -0.15) is 0 Å². The summed E-state index contributed by atoms with van der Waals surface area (Å²) in [6.07, 6.45) is 1.65. The first kappa shape index (κ1) is 13.4. The number of hydrogen-bond acceptors (Lipinski definition) is 3. The molecule has 2 rings (SSSR count). The quantitative estimate of drug-likeness (QED) is 0.896. The number of aromatic amines is 1. The van der Waals surface area contributed by atoms with Crippen LogP contribution in [0.2, 0.25) is 5.02 Å². The lowest BCUT2D eigenvalue weighted by molar-refractivity contribution is 0.184. The van der Waals surface area contributed by atoms with Gasteiger partial charge in [-0.1, -0.05) is 37.1 Å². The Morgan fingerprint density at radius 3 is 2.83 bits per heavy atom. The van der Waals surface area contributed by atoms with E-state index in [0.29, 0.717) is 21.3 Å². The molecule has 2 aromatic rings. The Morgan fingerprint density at radius 2 is 2.22 bits per heavy atom. The van der Waals surface area contributed by atoms with Gasteiger partial charge in [0.15, 0.2) is 11.9 Å². The van der Waals surface area contributed by atoms with E-state index in [2.05, 4.69) is 38.0 Å². The minimum atomic E-state index is -0.173. The van der Waals surface area contributed by atoms with Gasteiger partial charge in [0.2, 0.25) is 4.73 Å². The zero-order valence-electron chi connectivity index (χ0n) is 9.86. The maximum atomic E-state index is 6.08. The van der Waals surface area contributed by atoms with Gasteiger partial charge in [0.05, 0.1) is 5.02 Å². The molecule has 0 aliphatic carbocycles. The minimum absolute atomic E-state index is 0.173. The van der Waals surface area contributed by atoms with E-state index >= 15 is 0 Å². The molecule has 0 aliphatic heterocycles. The maximum absolute atomic E-state index is 6.08. The number of benzene rings is 1. The summed E-state index contributed by atoms with van der Waals surface area (Å²) in [5.41, 5.74) is 0. The van der Waals surface area contributed by atoms with E-state index < -0.39 is 0 Å². The van der Waals surface area contributed by atoms with Crippen LogP contribution in [0.1, 0.15) is 31.7 Å². The molecule has 0 fully saturated rings. The first-order valence-electron chi connectivity index (χ1n) is 5.69. The monoisotopic (exact) mass is 329 g/mol. The summed E-state index contributed by atoms with van der Waals surface area (Å²) in [7, 11) is 0. The van der Waals surface area contributed by atoms with E-state index in [9.17, 15) is 0 Å². The van der Waals surface area contributed by atoms with Crippen molar-refractivity contribution < 1.29 is 4.74 Å². The van der Waals surface area contributed by atoms with Crippen molar-refractivity contribution in [3.8, 4) is 5.75 Å². The van der Waals surface area contributed by atoms with Crippen LogP contribution in [-0.4, -0.2) is 15.2 Å². The number of halogens is 2. The molecule has 0 bridgehead atoms. The molecule has 4 nitrogen and oxygen atoms in total. The van der Waals surface area contributed by atoms with Gasteiger partial charge in [-0.15, -0.1) is 5.10 Å². The second kappa shape index (κ2) is 6.20. The molecule has 1 aromatic heterocycles. The van der Waals surface area contributed by atoms with Gasteiger partial charge in [0.1, 0.15) is 5.75 Å². The van der Waals surface area contributed by atoms with Gasteiger partial charge >= 0.3 is 0 Å². The minimum Gasteiger partial charge on any atom is -0.481 e. The Hall–Kier alpha value is -1.07. The highest BCUT2D eigenvalue weighted by molar-refractivity contribution is 9.10. The molecule has 1 unspecified atom stereocenters. The number of H-pyrrole nitrogens is 1. The third-order valence-electron chi connectivity index (χ3n) is 2.44. The standard InChI is InChI=1S/C12H13BrClN3O/c1-2-5-10(11-15-12(13)17-16-11)18-9-7-4-3-6-8(9)14/h3-4,6-7,10H,2,5H2,1H3,(H,15,16,17). The van der Waals surface area contributed by atoms with Crippen molar-refractivity contribution in [2.45, 2.75) is 25.9 Å². The van der Waals surface area contributed by atoms with Crippen LogP contribution in [0.15, 0.2) is 29.0 Å². The summed E-state index contributed by atoms with van der Waals surface area (Å²) in [6.45, 7) is 2.09.